The Hall–Kier alpha value is -1.65. The summed E-state index contributed by atoms with van der Waals surface area (Å²) in [6.45, 7) is 2.18. The highest BCUT2D eigenvalue weighted by Gasteiger charge is 2.17. The van der Waals surface area contributed by atoms with Gasteiger partial charge in [0.1, 0.15) is 5.82 Å². The maximum atomic E-state index is 6.21. The van der Waals surface area contributed by atoms with E-state index in [1.807, 2.05) is 26.0 Å². The Morgan fingerprint density at radius 1 is 1.28 bits per heavy atom. The molecule has 0 saturated carbocycles. The number of piperidine rings is 1. The third-order valence-electron chi connectivity index (χ3n) is 3.41. The second-order valence-corrected chi connectivity index (χ2v) is 4.95. The zero-order valence-corrected chi connectivity index (χ0v) is 11.5. The quantitative estimate of drug-likeness (QED) is 0.855. The molecule has 5 heteroatoms. The summed E-state index contributed by atoms with van der Waals surface area (Å²) in [6, 6.07) is 2.08. The van der Waals surface area contributed by atoms with Gasteiger partial charge in [0.15, 0.2) is 5.82 Å². The predicted octanol–water partition coefficient (Wildman–Crippen LogP) is 1.76. The van der Waals surface area contributed by atoms with Gasteiger partial charge >= 0.3 is 0 Å². The van der Waals surface area contributed by atoms with E-state index in [0.717, 1.165) is 36.1 Å². The van der Waals surface area contributed by atoms with E-state index in [9.17, 15) is 0 Å². The third-order valence-corrected chi connectivity index (χ3v) is 3.41. The lowest BCUT2D eigenvalue weighted by Crippen LogP contribution is -2.30. The third kappa shape index (κ3) is 2.44. The highest BCUT2D eigenvalue weighted by Crippen LogP contribution is 2.33. The summed E-state index contributed by atoms with van der Waals surface area (Å²) in [6.07, 6.45) is 3.81. The fraction of sp³-hybridized carbons (Fsp3) is 0.615. The van der Waals surface area contributed by atoms with Crippen molar-refractivity contribution in [1.82, 2.24) is 4.98 Å². The second-order valence-electron chi connectivity index (χ2n) is 4.95. The first-order chi connectivity index (χ1) is 8.63. The Bertz CT molecular complexity index is 410. The van der Waals surface area contributed by atoms with Crippen molar-refractivity contribution < 1.29 is 0 Å². The van der Waals surface area contributed by atoms with Crippen molar-refractivity contribution in [3.63, 3.8) is 0 Å². The van der Waals surface area contributed by atoms with Crippen LogP contribution in [-0.4, -0.2) is 39.2 Å². The summed E-state index contributed by atoms with van der Waals surface area (Å²) < 4.78 is 0. The van der Waals surface area contributed by atoms with Gasteiger partial charge in [-0.1, -0.05) is 0 Å². The lowest BCUT2D eigenvalue weighted by atomic mass is 10.1. The van der Waals surface area contributed by atoms with Crippen LogP contribution in [0.25, 0.3) is 0 Å². The van der Waals surface area contributed by atoms with Gasteiger partial charge in [0.2, 0.25) is 0 Å². The number of nitrogen functional groups attached to an aromatic ring is 1. The molecule has 2 heterocycles. The van der Waals surface area contributed by atoms with Gasteiger partial charge < -0.3 is 20.9 Å². The van der Waals surface area contributed by atoms with E-state index >= 15 is 0 Å². The summed E-state index contributed by atoms with van der Waals surface area (Å²) in [4.78, 5) is 8.89. The predicted molar refractivity (Wildman–Crippen MR) is 78.6 cm³/mol. The van der Waals surface area contributed by atoms with Crippen LogP contribution in [-0.2, 0) is 0 Å². The van der Waals surface area contributed by atoms with Crippen LogP contribution >= 0.6 is 0 Å². The van der Waals surface area contributed by atoms with Gasteiger partial charge in [-0.25, -0.2) is 4.98 Å². The Labute approximate surface area is 109 Å². The van der Waals surface area contributed by atoms with Gasteiger partial charge in [0.25, 0.3) is 0 Å². The van der Waals surface area contributed by atoms with Gasteiger partial charge in [-0.2, -0.15) is 0 Å². The maximum Gasteiger partial charge on any atom is 0.153 e. The van der Waals surface area contributed by atoms with E-state index < -0.39 is 0 Å². The van der Waals surface area contributed by atoms with E-state index in [2.05, 4.69) is 21.3 Å². The Balaban J connectivity index is 2.40. The maximum absolute atomic E-state index is 6.21. The van der Waals surface area contributed by atoms with E-state index in [1.165, 1.54) is 19.3 Å². The number of rotatable bonds is 3. The fourth-order valence-corrected chi connectivity index (χ4v) is 2.34. The summed E-state index contributed by atoms with van der Waals surface area (Å²) in [5.74, 6) is 1.70. The number of nitrogens with two attached hydrogens (primary N) is 1. The van der Waals surface area contributed by atoms with Gasteiger partial charge in [-0.3, -0.25) is 0 Å². The number of hydrogen-bond donors (Lipinski definition) is 2. The minimum absolute atomic E-state index is 0.755. The SMILES string of the molecule is CNc1nc(N(C)C)cc(N2CCCCC2)c1N. The molecule has 0 amide bonds. The average molecular weight is 249 g/mol. The summed E-state index contributed by atoms with van der Waals surface area (Å²) in [5, 5.41) is 3.08. The molecule has 1 saturated heterocycles. The van der Waals surface area contributed by atoms with Crippen molar-refractivity contribution in [3.05, 3.63) is 6.07 Å². The zero-order chi connectivity index (χ0) is 13.1. The average Bonchev–Trinajstić information content (AvgIpc) is 2.39. The molecule has 0 atom stereocenters. The molecule has 1 aliphatic rings. The lowest BCUT2D eigenvalue weighted by Gasteiger charge is -2.31. The van der Waals surface area contributed by atoms with Crippen LogP contribution in [0.2, 0.25) is 0 Å². The van der Waals surface area contributed by atoms with Crippen LogP contribution < -0.4 is 20.9 Å². The Morgan fingerprint density at radius 3 is 2.50 bits per heavy atom. The fourth-order valence-electron chi connectivity index (χ4n) is 2.34. The van der Waals surface area contributed by atoms with E-state index in [4.69, 9.17) is 5.73 Å². The number of nitrogens with one attached hydrogen (secondary N) is 1. The molecular formula is C13H23N5. The topological polar surface area (TPSA) is 57.4 Å². The molecular weight excluding hydrogens is 226 g/mol. The minimum Gasteiger partial charge on any atom is -0.394 e. The molecule has 0 unspecified atom stereocenters. The molecule has 1 aliphatic heterocycles. The first kappa shape index (κ1) is 12.8. The van der Waals surface area contributed by atoms with Crippen molar-refractivity contribution >= 4 is 23.0 Å². The van der Waals surface area contributed by atoms with Crippen molar-refractivity contribution in [3.8, 4) is 0 Å². The molecule has 0 radical (unpaired) electrons. The summed E-state index contributed by atoms with van der Waals surface area (Å²) in [5.41, 5.74) is 8.07. The molecule has 0 bridgehead atoms. The lowest BCUT2D eigenvalue weighted by molar-refractivity contribution is 0.578. The largest absolute Gasteiger partial charge is 0.394 e. The molecule has 1 fully saturated rings. The van der Waals surface area contributed by atoms with Gasteiger partial charge in [0, 0.05) is 40.3 Å². The highest BCUT2D eigenvalue weighted by atomic mass is 15.2. The zero-order valence-electron chi connectivity index (χ0n) is 11.5. The Kier molecular flexibility index (Phi) is 3.79. The van der Waals surface area contributed by atoms with Gasteiger partial charge in [0.05, 0.1) is 11.4 Å². The molecule has 2 rings (SSSR count). The number of aromatic nitrogens is 1. The number of hydrogen-bond acceptors (Lipinski definition) is 5. The van der Waals surface area contributed by atoms with Crippen molar-refractivity contribution in [2.45, 2.75) is 19.3 Å². The molecule has 1 aromatic rings. The number of anilines is 4. The molecule has 0 spiro atoms. The van der Waals surface area contributed by atoms with E-state index in [-0.39, 0.29) is 0 Å². The monoisotopic (exact) mass is 249 g/mol. The molecule has 0 aromatic carbocycles. The first-order valence-corrected chi connectivity index (χ1v) is 6.54. The van der Waals surface area contributed by atoms with Crippen molar-refractivity contribution in [2.24, 2.45) is 0 Å². The van der Waals surface area contributed by atoms with Crippen molar-refractivity contribution in [2.75, 3.05) is 55.1 Å². The normalized spacial score (nSPS) is 15.6. The highest BCUT2D eigenvalue weighted by molar-refractivity contribution is 5.81. The summed E-state index contributed by atoms with van der Waals surface area (Å²) >= 11 is 0. The standard InChI is InChI=1S/C13H23N5/c1-15-13-12(14)10(9-11(16-13)17(2)3)18-7-5-4-6-8-18/h9H,4-8,14H2,1-3H3,(H,15,16). The summed E-state index contributed by atoms with van der Waals surface area (Å²) in [7, 11) is 5.86. The molecule has 1 aromatic heterocycles. The molecule has 5 nitrogen and oxygen atoms in total. The van der Waals surface area contributed by atoms with E-state index in [1.54, 1.807) is 0 Å². The van der Waals surface area contributed by atoms with Crippen molar-refractivity contribution in [1.29, 1.82) is 0 Å². The number of nitrogens with zero attached hydrogens (tertiary/aromatic N) is 3. The van der Waals surface area contributed by atoms with Crippen LogP contribution in [0.1, 0.15) is 19.3 Å². The van der Waals surface area contributed by atoms with Crippen LogP contribution in [0, 0.1) is 0 Å². The Morgan fingerprint density at radius 2 is 1.94 bits per heavy atom. The first-order valence-electron chi connectivity index (χ1n) is 6.54. The minimum atomic E-state index is 0.755. The smallest absolute Gasteiger partial charge is 0.153 e. The second kappa shape index (κ2) is 5.33. The van der Waals surface area contributed by atoms with Crippen LogP contribution in [0.15, 0.2) is 6.07 Å². The van der Waals surface area contributed by atoms with Gasteiger partial charge in [-0.05, 0) is 19.3 Å². The number of pyridine rings is 1. The molecule has 100 valence electrons. The van der Waals surface area contributed by atoms with Crippen LogP contribution in [0.4, 0.5) is 23.0 Å². The molecule has 3 N–H and O–H groups in total. The van der Waals surface area contributed by atoms with E-state index in [0.29, 0.717) is 0 Å². The molecule has 18 heavy (non-hydrogen) atoms. The van der Waals surface area contributed by atoms with Crippen LogP contribution in [0.5, 0.6) is 0 Å². The van der Waals surface area contributed by atoms with Crippen LogP contribution in [0.3, 0.4) is 0 Å². The molecule has 0 aliphatic carbocycles. The van der Waals surface area contributed by atoms with Gasteiger partial charge in [-0.15, -0.1) is 0 Å².